The zero-order chi connectivity index (χ0) is 30.1. The van der Waals surface area contributed by atoms with Crippen LogP contribution in [0.2, 0.25) is 0 Å². The standard InChI is InChI=1S/C32H35FN8O3/c1-19-23(7-8-34-30(19)40-11-10-39-26-6-4-3-5-24(26)28(33)29(39)32(40)43)20-13-25(31(42)37(2)15-20)35-27-14-21-16-38(22-17-44-18-22)9-12-41(21)36-27/h7-8,13-15,22H,3-6,9-12,16-18H2,1-2H3,(H,35,36). The summed E-state index contributed by atoms with van der Waals surface area (Å²) in [5, 5.41) is 7.99. The number of nitrogens with zero attached hydrogens (tertiary/aromatic N) is 7. The quantitative estimate of drug-likeness (QED) is 0.376. The van der Waals surface area contributed by atoms with Crippen LogP contribution in [0.4, 0.5) is 21.7 Å². The summed E-state index contributed by atoms with van der Waals surface area (Å²) < 4.78 is 26.3. The molecule has 12 heteroatoms. The van der Waals surface area contributed by atoms with Crippen molar-refractivity contribution in [3.8, 4) is 11.1 Å². The number of amides is 1. The lowest BCUT2D eigenvalue weighted by molar-refractivity contribution is -0.0735. The van der Waals surface area contributed by atoms with Crippen LogP contribution in [0, 0.1) is 12.7 Å². The Bertz CT molecular complexity index is 1870. The number of hydrogen-bond acceptors (Lipinski definition) is 7. The lowest BCUT2D eigenvalue weighted by Gasteiger charge is -2.39. The first-order valence-corrected chi connectivity index (χ1v) is 15.4. The molecule has 228 valence electrons. The van der Waals surface area contributed by atoms with Gasteiger partial charge in [0.15, 0.2) is 11.6 Å². The summed E-state index contributed by atoms with van der Waals surface area (Å²) in [6.45, 7) is 6.92. The number of carbonyl (C=O) groups is 1. The van der Waals surface area contributed by atoms with E-state index in [1.54, 1.807) is 28.9 Å². The Morgan fingerprint density at radius 3 is 2.73 bits per heavy atom. The topological polar surface area (TPSA) is 102 Å². The molecule has 0 aromatic carbocycles. The number of carbonyl (C=O) groups excluding carboxylic acids is 1. The Labute approximate surface area is 253 Å². The van der Waals surface area contributed by atoms with Gasteiger partial charge in [0, 0.05) is 68.5 Å². The maximum Gasteiger partial charge on any atom is 0.279 e. The molecule has 7 heterocycles. The van der Waals surface area contributed by atoms with Crippen molar-refractivity contribution in [3.63, 3.8) is 0 Å². The predicted molar refractivity (Wildman–Crippen MR) is 163 cm³/mol. The second kappa shape index (κ2) is 10.4. The number of anilines is 3. The molecule has 4 aromatic heterocycles. The molecule has 0 radical (unpaired) electrons. The van der Waals surface area contributed by atoms with Crippen molar-refractivity contribution in [2.24, 2.45) is 7.05 Å². The second-order valence-corrected chi connectivity index (χ2v) is 12.3. The van der Waals surface area contributed by atoms with Crippen molar-refractivity contribution in [2.75, 3.05) is 36.5 Å². The van der Waals surface area contributed by atoms with Gasteiger partial charge < -0.3 is 19.2 Å². The van der Waals surface area contributed by atoms with Gasteiger partial charge in [0.2, 0.25) is 0 Å². The first-order valence-electron chi connectivity index (χ1n) is 15.4. The third-order valence-corrected chi connectivity index (χ3v) is 9.66. The van der Waals surface area contributed by atoms with Crippen molar-refractivity contribution < 1.29 is 13.9 Å². The van der Waals surface area contributed by atoms with Crippen LogP contribution in [0.3, 0.4) is 0 Å². The van der Waals surface area contributed by atoms with E-state index in [1.807, 2.05) is 34.4 Å². The highest BCUT2D eigenvalue weighted by molar-refractivity contribution is 6.06. The number of aryl methyl sites for hydroxylation is 1. The van der Waals surface area contributed by atoms with Crippen LogP contribution in [0.15, 0.2) is 35.4 Å². The van der Waals surface area contributed by atoms with E-state index in [2.05, 4.69) is 15.2 Å². The van der Waals surface area contributed by atoms with Crippen molar-refractivity contribution in [3.05, 3.63) is 75.0 Å². The Morgan fingerprint density at radius 1 is 1.07 bits per heavy atom. The first kappa shape index (κ1) is 27.3. The summed E-state index contributed by atoms with van der Waals surface area (Å²) in [6.07, 6.45) is 6.91. The molecular weight excluding hydrogens is 563 g/mol. The molecule has 0 spiro atoms. The Kier molecular flexibility index (Phi) is 6.45. The van der Waals surface area contributed by atoms with Gasteiger partial charge in [-0.2, -0.15) is 5.10 Å². The average Bonchev–Trinajstić information content (AvgIpc) is 3.53. The van der Waals surface area contributed by atoms with Gasteiger partial charge in [-0.05, 0) is 55.9 Å². The molecule has 1 aliphatic carbocycles. The lowest BCUT2D eigenvalue weighted by Crippen LogP contribution is -2.51. The van der Waals surface area contributed by atoms with E-state index in [0.717, 1.165) is 80.2 Å². The molecule has 0 atom stereocenters. The monoisotopic (exact) mass is 598 g/mol. The molecule has 44 heavy (non-hydrogen) atoms. The van der Waals surface area contributed by atoms with Crippen LogP contribution in [-0.4, -0.2) is 67.1 Å². The minimum Gasteiger partial charge on any atom is -0.378 e. The summed E-state index contributed by atoms with van der Waals surface area (Å²) in [6, 6.07) is 6.17. The minimum absolute atomic E-state index is 0.148. The van der Waals surface area contributed by atoms with E-state index in [1.165, 1.54) is 0 Å². The van der Waals surface area contributed by atoms with Gasteiger partial charge in [-0.25, -0.2) is 9.37 Å². The van der Waals surface area contributed by atoms with Crippen LogP contribution in [0.5, 0.6) is 0 Å². The summed E-state index contributed by atoms with van der Waals surface area (Å²) in [5.74, 6) is 0.400. The fourth-order valence-electron chi connectivity index (χ4n) is 7.20. The molecule has 4 aliphatic rings. The van der Waals surface area contributed by atoms with Crippen molar-refractivity contribution in [2.45, 2.75) is 58.3 Å². The van der Waals surface area contributed by atoms with Crippen LogP contribution in [0.25, 0.3) is 11.1 Å². The molecule has 1 saturated heterocycles. The average molecular weight is 599 g/mol. The van der Waals surface area contributed by atoms with E-state index in [0.29, 0.717) is 48.4 Å². The Morgan fingerprint density at radius 2 is 1.91 bits per heavy atom. The number of aromatic nitrogens is 5. The van der Waals surface area contributed by atoms with Crippen LogP contribution in [0.1, 0.15) is 45.8 Å². The molecule has 1 amide bonds. The van der Waals surface area contributed by atoms with Crippen molar-refractivity contribution >= 4 is 23.2 Å². The summed E-state index contributed by atoms with van der Waals surface area (Å²) in [7, 11) is 1.72. The van der Waals surface area contributed by atoms with Crippen molar-refractivity contribution in [1.29, 1.82) is 0 Å². The van der Waals surface area contributed by atoms with Crippen LogP contribution < -0.4 is 15.8 Å². The van der Waals surface area contributed by atoms with Gasteiger partial charge in [-0.3, -0.25) is 24.1 Å². The zero-order valence-electron chi connectivity index (χ0n) is 25.0. The molecule has 0 saturated carbocycles. The van der Waals surface area contributed by atoms with Crippen LogP contribution in [-0.2, 0) is 44.3 Å². The molecule has 3 aliphatic heterocycles. The molecule has 1 N–H and O–H groups in total. The Balaban J connectivity index is 1.09. The normalized spacial score (nSPS) is 18.5. The third-order valence-electron chi connectivity index (χ3n) is 9.66. The molecule has 0 unspecified atom stereocenters. The number of hydrogen-bond donors (Lipinski definition) is 1. The van der Waals surface area contributed by atoms with E-state index in [9.17, 15) is 9.59 Å². The molecule has 4 aromatic rings. The van der Waals surface area contributed by atoms with E-state index >= 15 is 4.39 Å². The number of nitrogens with one attached hydrogen (secondary N) is 1. The predicted octanol–water partition coefficient (Wildman–Crippen LogP) is 3.39. The molecular formula is C32H35FN8O3. The lowest BCUT2D eigenvalue weighted by atomic mass is 9.97. The number of rotatable bonds is 5. The maximum atomic E-state index is 15.5. The number of ether oxygens (including phenoxy) is 1. The van der Waals surface area contributed by atoms with E-state index in [4.69, 9.17) is 9.84 Å². The van der Waals surface area contributed by atoms with E-state index in [-0.39, 0.29) is 23.0 Å². The fourth-order valence-corrected chi connectivity index (χ4v) is 7.20. The van der Waals surface area contributed by atoms with E-state index < -0.39 is 0 Å². The SMILES string of the molecule is Cc1c(-c2cc(Nc3cc4n(n3)CCN(C3COC3)C4)c(=O)n(C)c2)ccnc1N1CCn2c3c(c(F)c2C1=O)CCCC3. The number of pyridine rings is 2. The highest BCUT2D eigenvalue weighted by Gasteiger charge is 2.36. The number of halogens is 1. The highest BCUT2D eigenvalue weighted by atomic mass is 19.1. The molecule has 1 fully saturated rings. The first-order chi connectivity index (χ1) is 21.4. The third kappa shape index (κ3) is 4.30. The molecule has 0 bridgehead atoms. The van der Waals surface area contributed by atoms with Crippen molar-refractivity contribution in [1.82, 2.24) is 28.8 Å². The molecule has 11 nitrogen and oxygen atoms in total. The largest absolute Gasteiger partial charge is 0.378 e. The van der Waals surface area contributed by atoms with Gasteiger partial charge in [0.05, 0.1) is 31.5 Å². The highest BCUT2D eigenvalue weighted by Crippen LogP contribution is 2.35. The van der Waals surface area contributed by atoms with Gasteiger partial charge >= 0.3 is 0 Å². The van der Waals surface area contributed by atoms with Gasteiger partial charge in [-0.15, -0.1) is 0 Å². The minimum atomic E-state index is -0.372. The maximum absolute atomic E-state index is 15.5. The molecule has 8 rings (SSSR count). The van der Waals surface area contributed by atoms with Crippen LogP contribution >= 0.6 is 0 Å². The second-order valence-electron chi connectivity index (χ2n) is 12.3. The summed E-state index contributed by atoms with van der Waals surface area (Å²) in [5.41, 5.74) is 5.58. The number of fused-ring (bicyclic) bond motifs is 4. The fraction of sp³-hybridized carbons (Fsp3) is 0.438. The summed E-state index contributed by atoms with van der Waals surface area (Å²) >= 11 is 0. The smallest absolute Gasteiger partial charge is 0.279 e. The zero-order valence-corrected chi connectivity index (χ0v) is 25.0. The van der Waals surface area contributed by atoms with Gasteiger partial charge in [0.1, 0.15) is 17.2 Å². The summed E-state index contributed by atoms with van der Waals surface area (Å²) in [4.78, 5) is 35.5. The Hall–Kier alpha value is -4.29. The van der Waals surface area contributed by atoms with Gasteiger partial charge in [0.25, 0.3) is 11.5 Å². The van der Waals surface area contributed by atoms with Gasteiger partial charge in [-0.1, -0.05) is 0 Å².